The lowest BCUT2D eigenvalue weighted by Gasteiger charge is -2.11. The minimum atomic E-state index is -0.253. The first-order valence-electron chi connectivity index (χ1n) is 7.05. The monoisotopic (exact) mass is 349 g/mol. The summed E-state index contributed by atoms with van der Waals surface area (Å²) in [7, 11) is 1.86. The SMILES string of the molecule is CCc1nn(C)c(CC(=O)CC(N)c2ccccc2)c1Br. The van der Waals surface area contributed by atoms with Gasteiger partial charge in [-0.3, -0.25) is 9.48 Å². The van der Waals surface area contributed by atoms with Crippen LogP contribution in [-0.4, -0.2) is 15.6 Å². The van der Waals surface area contributed by atoms with E-state index < -0.39 is 0 Å². The molecule has 0 radical (unpaired) electrons. The Hall–Kier alpha value is -1.46. The highest BCUT2D eigenvalue weighted by Crippen LogP contribution is 2.23. The maximum absolute atomic E-state index is 12.3. The van der Waals surface area contributed by atoms with Crippen molar-refractivity contribution in [1.29, 1.82) is 0 Å². The number of nitrogens with two attached hydrogens (primary N) is 1. The van der Waals surface area contributed by atoms with Crippen LogP contribution < -0.4 is 5.73 Å². The quantitative estimate of drug-likeness (QED) is 0.871. The van der Waals surface area contributed by atoms with Gasteiger partial charge in [0, 0.05) is 25.9 Å². The van der Waals surface area contributed by atoms with Gasteiger partial charge in [-0.1, -0.05) is 37.3 Å². The van der Waals surface area contributed by atoms with E-state index in [1.807, 2.05) is 44.3 Å². The highest BCUT2D eigenvalue weighted by atomic mass is 79.9. The number of aromatic nitrogens is 2. The summed E-state index contributed by atoms with van der Waals surface area (Å²) >= 11 is 3.54. The number of rotatable bonds is 6. The number of hydrogen-bond acceptors (Lipinski definition) is 3. The van der Waals surface area contributed by atoms with E-state index >= 15 is 0 Å². The van der Waals surface area contributed by atoms with Crippen molar-refractivity contribution in [3.63, 3.8) is 0 Å². The third-order valence-corrected chi connectivity index (χ3v) is 4.46. The Bertz CT molecular complexity index is 622. The Labute approximate surface area is 133 Å². The topological polar surface area (TPSA) is 60.9 Å². The molecular weight excluding hydrogens is 330 g/mol. The van der Waals surface area contributed by atoms with E-state index in [0.29, 0.717) is 12.8 Å². The molecule has 21 heavy (non-hydrogen) atoms. The molecular formula is C16H20BrN3O. The van der Waals surface area contributed by atoms with E-state index in [1.165, 1.54) is 0 Å². The van der Waals surface area contributed by atoms with Gasteiger partial charge in [-0.15, -0.1) is 0 Å². The number of carbonyl (C=O) groups excluding carboxylic acids is 1. The molecule has 1 aromatic heterocycles. The molecule has 1 unspecified atom stereocenters. The summed E-state index contributed by atoms with van der Waals surface area (Å²) in [5, 5.41) is 4.41. The van der Waals surface area contributed by atoms with E-state index in [2.05, 4.69) is 21.0 Å². The fraction of sp³-hybridized carbons (Fsp3) is 0.375. The van der Waals surface area contributed by atoms with Crippen molar-refractivity contribution in [3.05, 3.63) is 51.8 Å². The van der Waals surface area contributed by atoms with Crippen LogP contribution in [0.5, 0.6) is 0 Å². The number of hydrogen-bond donors (Lipinski definition) is 1. The van der Waals surface area contributed by atoms with Crippen LogP contribution in [0, 0.1) is 0 Å². The lowest BCUT2D eigenvalue weighted by molar-refractivity contribution is -0.118. The van der Waals surface area contributed by atoms with Crippen LogP contribution in [0.3, 0.4) is 0 Å². The van der Waals surface area contributed by atoms with E-state index in [1.54, 1.807) is 4.68 Å². The standard InChI is InChI=1S/C16H20BrN3O/c1-3-14-16(17)15(20(2)19-14)10-12(21)9-13(18)11-7-5-4-6-8-11/h4-8,13H,3,9-10,18H2,1-2H3. The molecule has 5 heteroatoms. The summed E-state index contributed by atoms with van der Waals surface area (Å²) in [6, 6.07) is 9.46. The van der Waals surface area contributed by atoms with Crippen molar-refractivity contribution in [2.45, 2.75) is 32.2 Å². The first kappa shape index (κ1) is 15.9. The maximum atomic E-state index is 12.3. The molecule has 2 N–H and O–H groups in total. The van der Waals surface area contributed by atoms with Gasteiger partial charge in [-0.25, -0.2) is 0 Å². The number of benzene rings is 1. The second kappa shape index (κ2) is 7.00. The molecule has 0 saturated carbocycles. The molecule has 1 aromatic carbocycles. The number of Topliss-reactive ketones (excluding diaryl/α,β-unsaturated/α-hetero) is 1. The first-order chi connectivity index (χ1) is 10.0. The summed E-state index contributed by atoms with van der Waals surface area (Å²) in [6.07, 6.45) is 1.53. The van der Waals surface area contributed by atoms with Crippen LogP contribution in [0.4, 0.5) is 0 Å². The lowest BCUT2D eigenvalue weighted by Crippen LogP contribution is -2.17. The number of carbonyl (C=O) groups is 1. The van der Waals surface area contributed by atoms with Gasteiger partial charge in [0.2, 0.25) is 0 Å². The second-order valence-corrected chi connectivity index (χ2v) is 5.91. The van der Waals surface area contributed by atoms with Gasteiger partial charge in [0.15, 0.2) is 0 Å². The average molecular weight is 350 g/mol. The largest absolute Gasteiger partial charge is 0.324 e. The maximum Gasteiger partial charge on any atom is 0.140 e. The number of ketones is 1. The van der Waals surface area contributed by atoms with Crippen LogP contribution in [0.2, 0.25) is 0 Å². The summed E-state index contributed by atoms with van der Waals surface area (Å²) in [6.45, 7) is 2.05. The number of aryl methyl sites for hydroxylation is 2. The number of nitrogens with zero attached hydrogens (tertiary/aromatic N) is 2. The van der Waals surface area contributed by atoms with Gasteiger partial charge >= 0.3 is 0 Å². The third kappa shape index (κ3) is 3.80. The average Bonchev–Trinajstić information content (AvgIpc) is 2.75. The summed E-state index contributed by atoms with van der Waals surface area (Å²) in [5.74, 6) is 0.123. The van der Waals surface area contributed by atoms with Crippen molar-refractivity contribution in [1.82, 2.24) is 9.78 Å². The molecule has 0 aliphatic carbocycles. The van der Waals surface area contributed by atoms with Crippen molar-refractivity contribution >= 4 is 21.7 Å². The summed E-state index contributed by atoms with van der Waals surface area (Å²) < 4.78 is 2.71. The lowest BCUT2D eigenvalue weighted by atomic mass is 10.0. The Balaban J connectivity index is 2.04. The zero-order valence-corrected chi connectivity index (χ0v) is 13.9. The molecule has 0 fully saturated rings. The normalized spacial score (nSPS) is 12.4. The minimum Gasteiger partial charge on any atom is -0.324 e. The number of halogens is 1. The van der Waals surface area contributed by atoms with Gasteiger partial charge in [0.1, 0.15) is 5.78 Å². The fourth-order valence-electron chi connectivity index (χ4n) is 2.33. The van der Waals surface area contributed by atoms with Crippen LogP contribution >= 0.6 is 15.9 Å². The minimum absolute atomic E-state index is 0.123. The molecule has 1 atom stereocenters. The molecule has 0 saturated heterocycles. The fourth-order valence-corrected chi connectivity index (χ4v) is 3.09. The molecule has 0 amide bonds. The Morgan fingerprint density at radius 2 is 2.05 bits per heavy atom. The Morgan fingerprint density at radius 3 is 2.62 bits per heavy atom. The molecule has 4 nitrogen and oxygen atoms in total. The van der Waals surface area contributed by atoms with Crippen molar-refractivity contribution < 1.29 is 4.79 Å². The van der Waals surface area contributed by atoms with Crippen molar-refractivity contribution in [2.24, 2.45) is 12.8 Å². The van der Waals surface area contributed by atoms with Crippen molar-refractivity contribution in [2.75, 3.05) is 0 Å². The van der Waals surface area contributed by atoms with Crippen LogP contribution in [-0.2, 0) is 24.7 Å². The van der Waals surface area contributed by atoms with E-state index in [-0.39, 0.29) is 11.8 Å². The summed E-state index contributed by atoms with van der Waals surface area (Å²) in [5.41, 5.74) is 8.99. The second-order valence-electron chi connectivity index (χ2n) is 5.12. The molecule has 2 aromatic rings. The van der Waals surface area contributed by atoms with Crippen LogP contribution in [0.25, 0.3) is 0 Å². The van der Waals surface area contributed by atoms with Gasteiger partial charge in [-0.2, -0.15) is 5.10 Å². The van der Waals surface area contributed by atoms with E-state index in [9.17, 15) is 4.79 Å². The molecule has 2 rings (SSSR count). The van der Waals surface area contributed by atoms with Gasteiger partial charge < -0.3 is 5.73 Å². The van der Waals surface area contributed by atoms with Gasteiger partial charge in [0.05, 0.1) is 15.9 Å². The molecule has 0 aliphatic heterocycles. The highest BCUT2D eigenvalue weighted by Gasteiger charge is 2.18. The molecule has 0 aliphatic rings. The molecule has 112 valence electrons. The molecule has 0 bridgehead atoms. The van der Waals surface area contributed by atoms with Crippen LogP contribution in [0.15, 0.2) is 34.8 Å². The Morgan fingerprint density at radius 1 is 1.38 bits per heavy atom. The Kier molecular flexibility index (Phi) is 5.31. The zero-order chi connectivity index (χ0) is 15.4. The predicted molar refractivity (Wildman–Crippen MR) is 87.0 cm³/mol. The predicted octanol–water partition coefficient (Wildman–Crippen LogP) is 2.95. The van der Waals surface area contributed by atoms with E-state index in [4.69, 9.17) is 5.73 Å². The molecule has 0 spiro atoms. The summed E-state index contributed by atoms with van der Waals surface area (Å²) in [4.78, 5) is 12.3. The van der Waals surface area contributed by atoms with Crippen LogP contribution in [0.1, 0.15) is 36.3 Å². The highest BCUT2D eigenvalue weighted by molar-refractivity contribution is 9.10. The first-order valence-corrected chi connectivity index (χ1v) is 7.84. The van der Waals surface area contributed by atoms with Gasteiger partial charge in [-0.05, 0) is 27.9 Å². The smallest absolute Gasteiger partial charge is 0.140 e. The van der Waals surface area contributed by atoms with E-state index in [0.717, 1.165) is 27.8 Å². The zero-order valence-electron chi connectivity index (χ0n) is 12.3. The van der Waals surface area contributed by atoms with Crippen molar-refractivity contribution in [3.8, 4) is 0 Å². The third-order valence-electron chi connectivity index (χ3n) is 3.54. The van der Waals surface area contributed by atoms with Gasteiger partial charge in [0.25, 0.3) is 0 Å². The molecule has 1 heterocycles.